The molecule has 0 saturated heterocycles. The number of hydrogen-bond acceptors (Lipinski definition) is 6. The first-order valence-electron chi connectivity index (χ1n) is 12.0. The molecule has 1 aromatic carbocycles. The first-order valence-corrected chi connectivity index (χ1v) is 12.4. The number of rotatable bonds is 9. The summed E-state index contributed by atoms with van der Waals surface area (Å²) in [5.41, 5.74) is 4.26. The number of nitrogens with zero attached hydrogens (tertiary/aromatic N) is 1. The Morgan fingerprint density at radius 3 is 2.26 bits per heavy atom. The minimum Gasteiger partial charge on any atom is -0.490 e. The average Bonchev–Trinajstić information content (AvgIpc) is 2.82. The number of ketones is 2. The normalized spacial score (nSPS) is 18.7. The summed E-state index contributed by atoms with van der Waals surface area (Å²) in [6.07, 6.45) is 5.84. The first-order chi connectivity index (χ1) is 16.5. The molecule has 1 heterocycles. The summed E-state index contributed by atoms with van der Waals surface area (Å²) in [6, 6.07) is 3.69. The lowest BCUT2D eigenvalue weighted by molar-refractivity contribution is -0.117. The summed E-state index contributed by atoms with van der Waals surface area (Å²) in [5, 5.41) is 0.389. The molecular weight excluding hydrogens is 454 g/mol. The van der Waals surface area contributed by atoms with Crippen molar-refractivity contribution in [1.29, 1.82) is 0 Å². The number of methoxy groups -OCH3 is 1. The highest BCUT2D eigenvalue weighted by molar-refractivity contribution is 6.32. The fourth-order valence-corrected chi connectivity index (χ4v) is 5.58. The molecule has 4 rings (SSSR count). The van der Waals surface area contributed by atoms with Crippen LogP contribution in [0.15, 0.2) is 47.3 Å². The van der Waals surface area contributed by atoms with Crippen LogP contribution in [0, 0.1) is 0 Å². The van der Waals surface area contributed by atoms with Gasteiger partial charge in [0.2, 0.25) is 0 Å². The molecule has 0 amide bonds. The molecule has 0 atom stereocenters. The van der Waals surface area contributed by atoms with Gasteiger partial charge in [-0.1, -0.05) is 24.3 Å². The van der Waals surface area contributed by atoms with Gasteiger partial charge in [0.1, 0.15) is 6.61 Å². The Hall–Kier alpha value is -2.57. The maximum atomic E-state index is 13.4. The SMILES string of the molecule is C=CCOc1c(Cl)cc(C2C3=C(CCCC3=O)N(CCOC)C3=C2C(=O)CCC3)cc1OCC. The van der Waals surface area contributed by atoms with Gasteiger partial charge in [-0.15, -0.1) is 0 Å². The van der Waals surface area contributed by atoms with Crippen molar-refractivity contribution in [2.75, 3.05) is 33.5 Å². The molecule has 1 aliphatic heterocycles. The van der Waals surface area contributed by atoms with E-state index in [-0.39, 0.29) is 11.6 Å². The predicted octanol–water partition coefficient (Wildman–Crippen LogP) is 5.36. The zero-order valence-electron chi connectivity index (χ0n) is 20.0. The topological polar surface area (TPSA) is 65.1 Å². The molecular formula is C27H32ClNO5. The second kappa shape index (κ2) is 10.8. The van der Waals surface area contributed by atoms with E-state index in [1.165, 1.54) is 0 Å². The molecule has 7 heteroatoms. The van der Waals surface area contributed by atoms with Crippen LogP contribution in [0.2, 0.25) is 5.02 Å². The van der Waals surface area contributed by atoms with Gasteiger partial charge in [0.15, 0.2) is 23.1 Å². The molecule has 34 heavy (non-hydrogen) atoms. The van der Waals surface area contributed by atoms with Gasteiger partial charge in [-0.3, -0.25) is 9.59 Å². The maximum absolute atomic E-state index is 13.4. The minimum absolute atomic E-state index is 0.0969. The largest absolute Gasteiger partial charge is 0.490 e. The van der Waals surface area contributed by atoms with E-state index in [1.807, 2.05) is 19.1 Å². The van der Waals surface area contributed by atoms with Gasteiger partial charge in [0.05, 0.1) is 18.2 Å². The number of carbonyl (C=O) groups is 2. The highest BCUT2D eigenvalue weighted by Gasteiger charge is 2.43. The molecule has 0 fully saturated rings. The number of allylic oxidation sites excluding steroid dienone is 4. The van der Waals surface area contributed by atoms with Crippen LogP contribution in [0.5, 0.6) is 11.5 Å². The van der Waals surface area contributed by atoms with Crippen molar-refractivity contribution in [3.63, 3.8) is 0 Å². The third kappa shape index (κ3) is 4.53. The fourth-order valence-electron chi connectivity index (χ4n) is 5.30. The monoisotopic (exact) mass is 485 g/mol. The first kappa shape index (κ1) is 24.6. The van der Waals surface area contributed by atoms with Crippen LogP contribution in [-0.4, -0.2) is 49.9 Å². The molecule has 0 radical (unpaired) electrons. The lowest BCUT2D eigenvalue weighted by Crippen LogP contribution is -2.40. The van der Waals surface area contributed by atoms with E-state index < -0.39 is 5.92 Å². The van der Waals surface area contributed by atoms with Gasteiger partial charge in [-0.05, 0) is 50.3 Å². The molecule has 0 aromatic heterocycles. The van der Waals surface area contributed by atoms with E-state index in [0.29, 0.717) is 55.7 Å². The second-order valence-corrected chi connectivity index (χ2v) is 9.12. The third-order valence-corrected chi connectivity index (χ3v) is 6.90. The lowest BCUT2D eigenvalue weighted by Gasteiger charge is -2.44. The highest BCUT2D eigenvalue weighted by Crippen LogP contribution is 2.51. The van der Waals surface area contributed by atoms with Crippen LogP contribution in [0.3, 0.4) is 0 Å². The Labute approximate surface area is 206 Å². The van der Waals surface area contributed by atoms with Gasteiger partial charge in [0.25, 0.3) is 0 Å². The van der Waals surface area contributed by atoms with E-state index in [1.54, 1.807) is 13.2 Å². The predicted molar refractivity (Wildman–Crippen MR) is 131 cm³/mol. The lowest BCUT2D eigenvalue weighted by atomic mass is 9.71. The number of Topliss-reactive ketones (excluding diaryl/α,β-unsaturated/α-hetero) is 2. The molecule has 0 bridgehead atoms. The van der Waals surface area contributed by atoms with Crippen molar-refractivity contribution >= 4 is 23.2 Å². The van der Waals surface area contributed by atoms with Crippen molar-refractivity contribution in [2.45, 2.75) is 51.4 Å². The molecule has 2 aliphatic carbocycles. The summed E-state index contributed by atoms with van der Waals surface area (Å²) in [5.74, 6) is 0.691. The number of ether oxygens (including phenoxy) is 3. The molecule has 0 saturated carbocycles. The Kier molecular flexibility index (Phi) is 7.79. The van der Waals surface area contributed by atoms with Crippen molar-refractivity contribution in [1.82, 2.24) is 4.90 Å². The van der Waals surface area contributed by atoms with E-state index in [2.05, 4.69) is 11.5 Å². The zero-order chi connectivity index (χ0) is 24.2. The summed E-state index contributed by atoms with van der Waals surface area (Å²) in [7, 11) is 1.67. The number of hydrogen-bond donors (Lipinski definition) is 0. The van der Waals surface area contributed by atoms with Gasteiger partial charge in [-0.2, -0.15) is 0 Å². The highest BCUT2D eigenvalue weighted by atomic mass is 35.5. The number of halogens is 1. The van der Waals surface area contributed by atoms with Gasteiger partial charge in [0, 0.05) is 55.0 Å². The van der Waals surface area contributed by atoms with Gasteiger partial charge in [-0.25, -0.2) is 0 Å². The van der Waals surface area contributed by atoms with Crippen LogP contribution < -0.4 is 9.47 Å². The molecule has 182 valence electrons. The second-order valence-electron chi connectivity index (χ2n) is 8.71. The summed E-state index contributed by atoms with van der Waals surface area (Å²) >= 11 is 6.68. The Balaban J connectivity index is 1.91. The van der Waals surface area contributed by atoms with E-state index >= 15 is 0 Å². The van der Waals surface area contributed by atoms with E-state index in [0.717, 1.165) is 53.8 Å². The van der Waals surface area contributed by atoms with Crippen LogP contribution in [0.4, 0.5) is 0 Å². The molecule has 3 aliphatic rings. The van der Waals surface area contributed by atoms with Crippen molar-refractivity contribution in [2.24, 2.45) is 0 Å². The number of benzene rings is 1. The van der Waals surface area contributed by atoms with Crippen LogP contribution in [0.25, 0.3) is 0 Å². The molecule has 0 spiro atoms. The smallest absolute Gasteiger partial charge is 0.180 e. The van der Waals surface area contributed by atoms with Crippen LogP contribution in [-0.2, 0) is 14.3 Å². The third-order valence-electron chi connectivity index (χ3n) is 6.62. The standard InChI is InChI=1S/C27H32ClNO5/c1-4-13-34-27-18(28)15-17(16-23(27)33-5-2)24-25-19(8-6-10-21(25)30)29(12-14-32-3)20-9-7-11-22(31)26(20)24/h4,15-16,24H,1,5-14H2,2-3H3. The zero-order valence-corrected chi connectivity index (χ0v) is 20.7. The van der Waals surface area contributed by atoms with E-state index in [4.69, 9.17) is 25.8 Å². The molecule has 1 aromatic rings. The van der Waals surface area contributed by atoms with E-state index in [9.17, 15) is 9.59 Å². The molecule has 0 N–H and O–H groups in total. The molecule has 6 nitrogen and oxygen atoms in total. The van der Waals surface area contributed by atoms with Crippen molar-refractivity contribution in [3.8, 4) is 11.5 Å². The van der Waals surface area contributed by atoms with Gasteiger partial charge < -0.3 is 19.1 Å². The van der Waals surface area contributed by atoms with Crippen molar-refractivity contribution in [3.05, 3.63) is 57.9 Å². The summed E-state index contributed by atoms with van der Waals surface area (Å²) in [6.45, 7) is 7.46. The Morgan fingerprint density at radius 2 is 1.71 bits per heavy atom. The average molecular weight is 486 g/mol. The Bertz CT molecular complexity index is 1010. The summed E-state index contributed by atoms with van der Waals surface area (Å²) in [4.78, 5) is 28.9. The Morgan fingerprint density at radius 1 is 1.06 bits per heavy atom. The number of carbonyl (C=O) groups excluding carboxylic acids is 2. The van der Waals surface area contributed by atoms with Crippen LogP contribution >= 0.6 is 11.6 Å². The van der Waals surface area contributed by atoms with Crippen LogP contribution in [0.1, 0.15) is 56.9 Å². The quantitative estimate of drug-likeness (QED) is 0.438. The van der Waals surface area contributed by atoms with Crippen molar-refractivity contribution < 1.29 is 23.8 Å². The fraction of sp³-hybridized carbons (Fsp3) is 0.481. The molecule has 0 unspecified atom stereocenters. The van der Waals surface area contributed by atoms with Gasteiger partial charge >= 0.3 is 0 Å². The summed E-state index contributed by atoms with van der Waals surface area (Å²) < 4.78 is 17.0. The minimum atomic E-state index is -0.449. The maximum Gasteiger partial charge on any atom is 0.180 e.